The molecule has 0 saturated heterocycles. The zero-order valence-corrected chi connectivity index (χ0v) is 11.0. The normalized spacial score (nSPS) is 12.3. The number of halogens is 3. The van der Waals surface area contributed by atoms with Crippen molar-refractivity contribution in [1.82, 2.24) is 5.32 Å². The highest BCUT2D eigenvalue weighted by Crippen LogP contribution is 2.37. The van der Waals surface area contributed by atoms with Gasteiger partial charge >= 0.3 is 6.18 Å². The maximum absolute atomic E-state index is 12.8. The van der Waals surface area contributed by atoms with Crippen molar-refractivity contribution in [3.8, 4) is 5.75 Å². The fraction of sp³-hybridized carbons (Fsp3) is 0.400. The summed E-state index contributed by atoms with van der Waals surface area (Å²) in [7, 11) is -2.12. The molecule has 0 heterocycles. The number of anilines is 1. The summed E-state index contributed by atoms with van der Waals surface area (Å²) in [6, 6.07) is 2.95. The molecule has 0 amide bonds. The van der Waals surface area contributed by atoms with Gasteiger partial charge in [0.2, 0.25) is 10.0 Å². The van der Waals surface area contributed by atoms with Crippen LogP contribution in [0.25, 0.3) is 0 Å². The van der Waals surface area contributed by atoms with Crippen molar-refractivity contribution in [1.29, 1.82) is 0 Å². The smallest absolute Gasteiger partial charge is 0.420 e. The zero-order valence-electron chi connectivity index (χ0n) is 10.2. The standard InChI is InChI=1S/C10H13F3N2O3S/c1-14-6-18-9-4-3-7(15-19(2,16)17)5-8(9)10(11,12)13/h3-5,14-15H,6H2,1-2H3. The third-order valence-electron chi connectivity index (χ3n) is 1.96. The minimum absolute atomic E-state index is 0.0953. The molecule has 1 rings (SSSR count). The highest BCUT2D eigenvalue weighted by Gasteiger charge is 2.34. The van der Waals surface area contributed by atoms with E-state index in [2.05, 4.69) is 5.32 Å². The minimum Gasteiger partial charge on any atom is -0.478 e. The van der Waals surface area contributed by atoms with Gasteiger partial charge in [-0.05, 0) is 25.2 Å². The van der Waals surface area contributed by atoms with Crippen molar-refractivity contribution >= 4 is 15.7 Å². The van der Waals surface area contributed by atoms with Crippen molar-refractivity contribution < 1.29 is 26.3 Å². The lowest BCUT2D eigenvalue weighted by Gasteiger charge is -2.15. The predicted molar refractivity (Wildman–Crippen MR) is 64.5 cm³/mol. The molecule has 1 aromatic carbocycles. The number of benzene rings is 1. The third kappa shape index (κ3) is 4.95. The molecule has 0 aromatic heterocycles. The topological polar surface area (TPSA) is 67.4 Å². The Kier molecular flexibility index (Phi) is 4.64. The first-order chi connectivity index (χ1) is 8.63. The van der Waals surface area contributed by atoms with Gasteiger partial charge < -0.3 is 4.74 Å². The molecule has 0 unspecified atom stereocenters. The fourth-order valence-electron chi connectivity index (χ4n) is 1.30. The van der Waals surface area contributed by atoms with Gasteiger partial charge in [-0.25, -0.2) is 8.42 Å². The largest absolute Gasteiger partial charge is 0.478 e. The Morgan fingerprint density at radius 2 is 1.95 bits per heavy atom. The van der Waals surface area contributed by atoms with Crippen LogP contribution >= 0.6 is 0 Å². The van der Waals surface area contributed by atoms with E-state index in [0.29, 0.717) is 6.07 Å². The third-order valence-corrected chi connectivity index (χ3v) is 2.57. The Morgan fingerprint density at radius 1 is 1.32 bits per heavy atom. The van der Waals surface area contributed by atoms with Crippen LogP contribution in [-0.2, 0) is 16.2 Å². The monoisotopic (exact) mass is 298 g/mol. The predicted octanol–water partition coefficient (Wildman–Crippen LogP) is 1.63. The van der Waals surface area contributed by atoms with Gasteiger partial charge in [-0.15, -0.1) is 0 Å². The second-order valence-corrected chi connectivity index (χ2v) is 5.47. The van der Waals surface area contributed by atoms with Gasteiger partial charge in [-0.1, -0.05) is 0 Å². The molecule has 0 aliphatic rings. The van der Waals surface area contributed by atoms with E-state index in [1.165, 1.54) is 13.1 Å². The summed E-state index contributed by atoms with van der Waals surface area (Å²) in [5, 5.41) is 2.55. The number of sulfonamides is 1. The Bertz CT molecular complexity index is 543. The van der Waals surface area contributed by atoms with E-state index < -0.39 is 21.8 Å². The molecule has 0 spiro atoms. The lowest BCUT2D eigenvalue weighted by molar-refractivity contribution is -0.138. The first kappa shape index (κ1) is 15.6. The van der Waals surface area contributed by atoms with E-state index in [-0.39, 0.29) is 18.2 Å². The summed E-state index contributed by atoms with van der Waals surface area (Å²) < 4.78 is 67.3. The number of hydrogen-bond acceptors (Lipinski definition) is 4. The van der Waals surface area contributed by atoms with E-state index in [1.54, 1.807) is 0 Å². The van der Waals surface area contributed by atoms with E-state index in [4.69, 9.17) is 4.74 Å². The van der Waals surface area contributed by atoms with Crippen LogP contribution in [0.15, 0.2) is 18.2 Å². The second-order valence-electron chi connectivity index (χ2n) is 3.73. The molecule has 0 atom stereocenters. The first-order valence-corrected chi connectivity index (χ1v) is 6.99. The molecule has 5 nitrogen and oxygen atoms in total. The molecule has 2 N–H and O–H groups in total. The first-order valence-electron chi connectivity index (χ1n) is 5.10. The van der Waals surface area contributed by atoms with Crippen molar-refractivity contribution in [3.63, 3.8) is 0 Å². The van der Waals surface area contributed by atoms with Crippen molar-refractivity contribution in [2.24, 2.45) is 0 Å². The minimum atomic E-state index is -4.64. The lowest BCUT2D eigenvalue weighted by atomic mass is 10.1. The molecular weight excluding hydrogens is 285 g/mol. The quantitative estimate of drug-likeness (QED) is 0.811. The summed E-state index contributed by atoms with van der Waals surface area (Å²) in [5.41, 5.74) is -1.22. The Balaban J connectivity index is 3.15. The summed E-state index contributed by atoms with van der Waals surface area (Å²) in [5.74, 6) is -0.374. The van der Waals surface area contributed by atoms with Crippen LogP contribution in [-0.4, -0.2) is 28.5 Å². The summed E-state index contributed by atoms with van der Waals surface area (Å²) in [6.07, 6.45) is -3.79. The highest BCUT2D eigenvalue weighted by molar-refractivity contribution is 7.92. The van der Waals surface area contributed by atoms with Crippen molar-refractivity contribution in [2.75, 3.05) is 24.8 Å². The average molecular weight is 298 g/mol. The van der Waals surface area contributed by atoms with E-state index in [0.717, 1.165) is 12.3 Å². The van der Waals surface area contributed by atoms with Gasteiger partial charge in [-0.3, -0.25) is 10.0 Å². The molecule has 19 heavy (non-hydrogen) atoms. The Morgan fingerprint density at radius 3 is 2.42 bits per heavy atom. The fourth-order valence-corrected chi connectivity index (χ4v) is 1.86. The molecule has 0 radical (unpaired) electrons. The van der Waals surface area contributed by atoms with Gasteiger partial charge in [0.05, 0.1) is 11.8 Å². The summed E-state index contributed by atoms with van der Waals surface area (Å²) in [4.78, 5) is 0. The van der Waals surface area contributed by atoms with E-state index in [9.17, 15) is 21.6 Å². The summed E-state index contributed by atoms with van der Waals surface area (Å²) >= 11 is 0. The molecule has 0 aliphatic heterocycles. The SMILES string of the molecule is CNCOc1ccc(NS(C)(=O)=O)cc1C(F)(F)F. The molecular formula is C10H13F3N2O3S. The van der Waals surface area contributed by atoms with E-state index in [1.807, 2.05) is 4.72 Å². The Hall–Kier alpha value is -1.48. The van der Waals surface area contributed by atoms with Crippen LogP contribution < -0.4 is 14.8 Å². The van der Waals surface area contributed by atoms with Gasteiger partial charge in [-0.2, -0.15) is 13.2 Å². The molecule has 108 valence electrons. The van der Waals surface area contributed by atoms with Crippen molar-refractivity contribution in [2.45, 2.75) is 6.18 Å². The van der Waals surface area contributed by atoms with Gasteiger partial charge in [0.25, 0.3) is 0 Å². The zero-order chi connectivity index (χ0) is 14.7. The van der Waals surface area contributed by atoms with Crippen LogP contribution in [0.4, 0.5) is 18.9 Å². The molecule has 9 heteroatoms. The maximum Gasteiger partial charge on any atom is 0.420 e. The molecule has 0 aliphatic carbocycles. The van der Waals surface area contributed by atoms with Crippen LogP contribution in [0.2, 0.25) is 0 Å². The molecule has 1 aromatic rings. The maximum atomic E-state index is 12.8. The second kappa shape index (κ2) is 5.66. The molecule has 0 saturated carbocycles. The van der Waals surface area contributed by atoms with Gasteiger partial charge in [0.15, 0.2) is 0 Å². The number of hydrogen-bond donors (Lipinski definition) is 2. The van der Waals surface area contributed by atoms with E-state index >= 15 is 0 Å². The molecule has 0 bridgehead atoms. The van der Waals surface area contributed by atoms with Crippen LogP contribution in [0, 0.1) is 0 Å². The average Bonchev–Trinajstić information content (AvgIpc) is 2.24. The molecule has 0 fully saturated rings. The Labute approximate surface area is 108 Å². The van der Waals surface area contributed by atoms with Crippen molar-refractivity contribution in [3.05, 3.63) is 23.8 Å². The van der Waals surface area contributed by atoms with Gasteiger partial charge in [0, 0.05) is 5.69 Å². The van der Waals surface area contributed by atoms with Crippen LogP contribution in [0.1, 0.15) is 5.56 Å². The number of nitrogens with one attached hydrogen (secondary N) is 2. The van der Waals surface area contributed by atoms with Gasteiger partial charge in [0.1, 0.15) is 12.5 Å². The summed E-state index contributed by atoms with van der Waals surface area (Å²) in [6.45, 7) is -0.0953. The highest BCUT2D eigenvalue weighted by atomic mass is 32.2. The number of ether oxygens (including phenoxy) is 1. The number of alkyl halides is 3. The number of rotatable bonds is 5. The lowest BCUT2D eigenvalue weighted by Crippen LogP contribution is -2.17. The van der Waals surface area contributed by atoms with Crippen LogP contribution in [0.5, 0.6) is 5.75 Å². The van der Waals surface area contributed by atoms with Crippen LogP contribution in [0.3, 0.4) is 0 Å².